The van der Waals surface area contributed by atoms with Crippen molar-refractivity contribution in [1.82, 2.24) is 9.21 Å². The molecular weight excluding hydrogens is 562 g/mol. The summed E-state index contributed by atoms with van der Waals surface area (Å²) >= 11 is 1.39. The molecular formula is C30H35N3O6S2. The first kappa shape index (κ1) is 29.4. The zero-order valence-corrected chi connectivity index (χ0v) is 25.1. The zero-order chi connectivity index (χ0) is 29.1. The topological polar surface area (TPSA) is 105 Å². The number of hydrogen-bond acceptors (Lipinski definition) is 8. The van der Waals surface area contributed by atoms with Crippen LogP contribution in [0, 0.1) is 0 Å². The summed E-state index contributed by atoms with van der Waals surface area (Å²) < 4.78 is 38.8. The highest BCUT2D eigenvalue weighted by Gasteiger charge is 2.33. The number of carbonyl (C=O) groups excluding carboxylic acids is 2. The number of thiophene rings is 1. The SMILES string of the molecule is CCOC(=O)c1c(NC(=O)c2ccc(S(=O)(=O)N3C[C@@H](C)O[C@@H](C)C3)cc2)sc2c1CCN(Cc1ccccc1)C2. The minimum absolute atomic E-state index is 0.118. The quantitative estimate of drug-likeness (QED) is 0.381. The third kappa shape index (κ3) is 6.54. The molecule has 2 aliphatic rings. The molecule has 2 aromatic carbocycles. The molecule has 1 saturated heterocycles. The highest BCUT2D eigenvalue weighted by Crippen LogP contribution is 2.38. The number of amides is 1. The Hall–Kier alpha value is -3.09. The zero-order valence-electron chi connectivity index (χ0n) is 23.5. The summed E-state index contributed by atoms with van der Waals surface area (Å²) in [6, 6.07) is 16.1. The second-order valence-corrected chi connectivity index (χ2v) is 13.5. The van der Waals surface area contributed by atoms with E-state index in [1.165, 1.54) is 45.5 Å². The normalized spacial score (nSPS) is 19.9. The molecule has 2 atom stereocenters. The molecule has 41 heavy (non-hydrogen) atoms. The summed E-state index contributed by atoms with van der Waals surface area (Å²) in [5.41, 5.74) is 2.84. The van der Waals surface area contributed by atoms with E-state index in [2.05, 4.69) is 22.3 Å². The minimum atomic E-state index is -3.73. The fourth-order valence-corrected chi connectivity index (χ4v) is 8.23. The van der Waals surface area contributed by atoms with Crippen LogP contribution < -0.4 is 5.32 Å². The molecule has 0 aliphatic carbocycles. The second-order valence-electron chi connectivity index (χ2n) is 10.4. The van der Waals surface area contributed by atoms with Crippen LogP contribution in [0.1, 0.15) is 57.5 Å². The van der Waals surface area contributed by atoms with Gasteiger partial charge < -0.3 is 14.8 Å². The van der Waals surface area contributed by atoms with Crippen LogP contribution >= 0.6 is 11.3 Å². The Bertz CT molecular complexity index is 1490. The van der Waals surface area contributed by atoms with E-state index in [1.54, 1.807) is 6.92 Å². The van der Waals surface area contributed by atoms with E-state index >= 15 is 0 Å². The summed E-state index contributed by atoms with van der Waals surface area (Å²) in [5, 5.41) is 3.36. The molecule has 2 aliphatic heterocycles. The molecule has 1 aromatic heterocycles. The smallest absolute Gasteiger partial charge is 0.341 e. The van der Waals surface area contributed by atoms with Gasteiger partial charge in [-0.1, -0.05) is 30.3 Å². The van der Waals surface area contributed by atoms with E-state index in [-0.39, 0.29) is 36.8 Å². The average molecular weight is 598 g/mol. The lowest BCUT2D eigenvalue weighted by molar-refractivity contribution is -0.0440. The molecule has 3 heterocycles. The van der Waals surface area contributed by atoms with Gasteiger partial charge in [-0.15, -0.1) is 11.3 Å². The van der Waals surface area contributed by atoms with Crippen LogP contribution in [0.15, 0.2) is 59.5 Å². The van der Waals surface area contributed by atoms with Crippen LogP contribution in [-0.4, -0.2) is 67.9 Å². The van der Waals surface area contributed by atoms with E-state index in [4.69, 9.17) is 9.47 Å². The van der Waals surface area contributed by atoms with Gasteiger partial charge in [-0.3, -0.25) is 9.69 Å². The van der Waals surface area contributed by atoms with Crippen LogP contribution in [0.5, 0.6) is 0 Å². The Morgan fingerprint density at radius 3 is 2.39 bits per heavy atom. The molecule has 1 N–H and O–H groups in total. The van der Waals surface area contributed by atoms with E-state index in [0.29, 0.717) is 29.1 Å². The lowest BCUT2D eigenvalue weighted by Crippen LogP contribution is -2.48. The maximum absolute atomic E-state index is 13.3. The van der Waals surface area contributed by atoms with Gasteiger partial charge in [0, 0.05) is 43.2 Å². The standard InChI is InChI=1S/C30H35N3O6S2/c1-4-38-30(35)27-25-14-15-32(18-22-8-6-5-7-9-22)19-26(25)40-29(27)31-28(34)23-10-12-24(13-11-23)41(36,37)33-16-20(2)39-21(3)17-33/h5-13,20-21H,4,14-19H2,1-3H3,(H,31,34)/t20-,21+. The molecule has 0 bridgehead atoms. The largest absolute Gasteiger partial charge is 0.462 e. The molecule has 9 nitrogen and oxygen atoms in total. The predicted molar refractivity (Wildman–Crippen MR) is 158 cm³/mol. The number of rotatable bonds is 8. The first-order valence-corrected chi connectivity index (χ1v) is 16.1. The first-order chi connectivity index (χ1) is 19.7. The van der Waals surface area contributed by atoms with E-state index in [0.717, 1.165) is 23.5 Å². The highest BCUT2D eigenvalue weighted by molar-refractivity contribution is 7.89. The molecule has 0 spiro atoms. The second kappa shape index (κ2) is 12.4. The van der Waals surface area contributed by atoms with Gasteiger partial charge in [0.25, 0.3) is 5.91 Å². The Labute approximate surface area is 245 Å². The van der Waals surface area contributed by atoms with Crippen LogP contribution in [-0.2, 0) is 39.0 Å². The number of nitrogens with one attached hydrogen (secondary N) is 1. The van der Waals surface area contributed by atoms with Crippen molar-refractivity contribution < 1.29 is 27.5 Å². The van der Waals surface area contributed by atoms with Crippen molar-refractivity contribution in [2.75, 3.05) is 31.6 Å². The Morgan fingerprint density at radius 1 is 1.05 bits per heavy atom. The van der Waals surface area contributed by atoms with Gasteiger partial charge in [-0.05, 0) is 62.6 Å². The van der Waals surface area contributed by atoms with Crippen molar-refractivity contribution in [2.45, 2.75) is 57.4 Å². The molecule has 1 fully saturated rings. The molecule has 218 valence electrons. The van der Waals surface area contributed by atoms with Gasteiger partial charge in [-0.25, -0.2) is 13.2 Å². The monoisotopic (exact) mass is 597 g/mol. The number of ether oxygens (including phenoxy) is 2. The molecule has 5 rings (SSSR count). The van der Waals surface area contributed by atoms with Crippen LogP contribution in [0.4, 0.5) is 5.00 Å². The summed E-state index contributed by atoms with van der Waals surface area (Å²) in [6.07, 6.45) is 0.275. The van der Waals surface area contributed by atoms with Gasteiger partial charge in [0.15, 0.2) is 0 Å². The van der Waals surface area contributed by atoms with E-state index in [9.17, 15) is 18.0 Å². The van der Waals surface area contributed by atoms with Crippen molar-refractivity contribution in [3.8, 4) is 0 Å². The molecule has 0 saturated carbocycles. The van der Waals surface area contributed by atoms with Gasteiger partial charge in [0.2, 0.25) is 10.0 Å². The summed E-state index contributed by atoms with van der Waals surface area (Å²) in [6.45, 7) is 8.48. The number of fused-ring (bicyclic) bond motifs is 1. The number of morpholine rings is 1. The summed E-state index contributed by atoms with van der Waals surface area (Å²) in [5.74, 6) is -0.875. The molecule has 3 aromatic rings. The minimum Gasteiger partial charge on any atom is -0.462 e. The first-order valence-electron chi connectivity index (χ1n) is 13.8. The number of carbonyl (C=O) groups is 2. The van der Waals surface area contributed by atoms with E-state index < -0.39 is 21.9 Å². The Morgan fingerprint density at radius 2 is 1.73 bits per heavy atom. The van der Waals surface area contributed by atoms with Crippen molar-refractivity contribution in [2.24, 2.45) is 0 Å². The maximum Gasteiger partial charge on any atom is 0.341 e. The van der Waals surface area contributed by atoms with Gasteiger partial charge >= 0.3 is 5.97 Å². The molecule has 0 radical (unpaired) electrons. The van der Waals surface area contributed by atoms with Crippen molar-refractivity contribution in [3.05, 3.63) is 81.7 Å². The van der Waals surface area contributed by atoms with Crippen molar-refractivity contribution in [3.63, 3.8) is 0 Å². The van der Waals surface area contributed by atoms with Gasteiger partial charge in [0.1, 0.15) is 5.00 Å². The third-order valence-corrected chi connectivity index (χ3v) is 10.2. The molecule has 0 unspecified atom stereocenters. The number of anilines is 1. The third-order valence-electron chi connectivity index (χ3n) is 7.23. The van der Waals surface area contributed by atoms with Crippen LogP contribution in [0.3, 0.4) is 0 Å². The Balaban J connectivity index is 1.34. The number of benzene rings is 2. The molecule has 1 amide bonds. The Kier molecular flexibility index (Phi) is 8.91. The van der Waals surface area contributed by atoms with Crippen molar-refractivity contribution in [1.29, 1.82) is 0 Å². The van der Waals surface area contributed by atoms with Crippen LogP contribution in [0.25, 0.3) is 0 Å². The number of hydrogen-bond donors (Lipinski definition) is 1. The number of sulfonamides is 1. The lowest BCUT2D eigenvalue weighted by Gasteiger charge is -2.34. The lowest BCUT2D eigenvalue weighted by atomic mass is 10.0. The predicted octanol–water partition coefficient (Wildman–Crippen LogP) is 4.53. The van der Waals surface area contributed by atoms with Crippen LogP contribution in [0.2, 0.25) is 0 Å². The highest BCUT2D eigenvalue weighted by atomic mass is 32.2. The maximum atomic E-state index is 13.3. The fourth-order valence-electron chi connectivity index (χ4n) is 5.37. The van der Waals surface area contributed by atoms with Crippen molar-refractivity contribution >= 4 is 38.2 Å². The van der Waals surface area contributed by atoms with E-state index in [1.807, 2.05) is 32.0 Å². The number of nitrogens with zero attached hydrogens (tertiary/aromatic N) is 2. The fraction of sp³-hybridized carbons (Fsp3) is 0.400. The van der Waals surface area contributed by atoms with Gasteiger partial charge in [0.05, 0.1) is 29.3 Å². The summed E-state index contributed by atoms with van der Waals surface area (Å²) in [4.78, 5) is 29.7. The average Bonchev–Trinajstić information content (AvgIpc) is 3.30. The molecule has 11 heteroatoms. The number of esters is 1. The summed E-state index contributed by atoms with van der Waals surface area (Å²) in [7, 11) is -3.73. The van der Waals surface area contributed by atoms with Gasteiger partial charge in [-0.2, -0.15) is 4.31 Å².